The molecule has 5 aromatic carbocycles. The Labute approximate surface area is 781 Å². The Morgan fingerprint density at radius 2 is 0.614 bits per heavy atom. The summed E-state index contributed by atoms with van der Waals surface area (Å²) in [7, 11) is -5.55. The molecule has 27 heteroatoms. The molecule has 5 aromatic rings. The highest BCUT2D eigenvalue weighted by molar-refractivity contribution is 7.89. The summed E-state index contributed by atoms with van der Waals surface area (Å²) in [5.74, 6) is 9.86. The summed E-state index contributed by atoms with van der Waals surface area (Å²) in [4.78, 5) is 75.5. The first-order valence-corrected chi connectivity index (χ1v) is 53.0. The van der Waals surface area contributed by atoms with Crippen LogP contribution in [0.4, 0.5) is 0 Å². The van der Waals surface area contributed by atoms with E-state index in [1.165, 1.54) is 178 Å². The number of carboxylic acid groups (broad SMARTS) is 1. The highest BCUT2D eigenvalue weighted by atomic mass is 32.2. The van der Waals surface area contributed by atoms with Crippen LogP contribution in [0.1, 0.15) is 248 Å². The molecule has 0 aromatic heterocycles. The van der Waals surface area contributed by atoms with Crippen molar-refractivity contribution in [2.45, 2.75) is 265 Å². The van der Waals surface area contributed by atoms with Gasteiger partial charge < -0.3 is 65.9 Å². The lowest BCUT2D eigenvalue weighted by Crippen LogP contribution is -2.46. The predicted octanol–water partition coefficient (Wildman–Crippen LogP) is 13.7. The van der Waals surface area contributed by atoms with Gasteiger partial charge >= 0.3 is 5.97 Å². The van der Waals surface area contributed by atoms with Gasteiger partial charge in [0.25, 0.3) is 5.91 Å². The third-order valence-corrected chi connectivity index (χ3v) is 36.7. The van der Waals surface area contributed by atoms with Gasteiger partial charge in [-0.1, -0.05) is 48.5 Å². The second kappa shape index (κ2) is 43.3. The van der Waals surface area contributed by atoms with Crippen LogP contribution in [0.3, 0.4) is 0 Å². The number of morpholine rings is 2. The van der Waals surface area contributed by atoms with Gasteiger partial charge in [0.1, 0.15) is 35.9 Å². The summed E-state index contributed by atoms with van der Waals surface area (Å²) in [6.07, 6.45) is 37.5. The standard InChI is InChI=1S/C29H35NO5.C27H38N2O4.C26H38N2O5S.C23H34N2O4S/c31-26(9-11-29-16-20-13-21(17-29)15-22(14-20)18-29)27(32)30-12-10-19-1-5-24(6-2-19)35-25-7-3-23(4-8-25)28(33)34;30-24(5-7-27-16-20-13-21(17-27)15-22(14-20)18-27)25(31)28-8-6-19-1-3-23(4-2-19)26(32)29-9-11-33-12-10-29;29-24(5-7-26-16-20-13-21(17-26)15-22(14-20)18-26)25(30)27-8-6-19-1-3-23(4-2-19)34(31,32)28-9-11-33-12-10-28;1-24-30(28,29)20-4-2-16(3-5-20)7-9-25-22(27)21(26)6-8-23-13-17-10-18(14-23)12-19(11-17)15-23/h1-8,20-22,26,31H,9-18H2,(H,30,32)(H,33,34);1-4,20-22,24,30H,5-18H2,(H,28,31);1-4,20-22,24,29H,5-18H2,(H,27,30);2-5,17-19,21,24,26H,6-15H2,1H3,(H,25,27). The van der Waals surface area contributed by atoms with Crippen LogP contribution < -0.4 is 30.7 Å². The maximum Gasteiger partial charge on any atom is 0.335 e. The molecule has 25 nitrogen and oxygen atoms in total. The van der Waals surface area contributed by atoms with E-state index in [0.717, 1.165) is 119 Å². The summed E-state index contributed by atoms with van der Waals surface area (Å²) >= 11 is 0. The zero-order valence-corrected chi connectivity index (χ0v) is 79.1. The minimum Gasteiger partial charge on any atom is -0.478 e. The lowest BCUT2D eigenvalue weighted by atomic mass is 9.48. The van der Waals surface area contributed by atoms with Gasteiger partial charge in [-0.25, -0.2) is 26.4 Å². The van der Waals surface area contributed by atoms with Crippen molar-refractivity contribution in [1.82, 2.24) is 35.2 Å². The van der Waals surface area contributed by atoms with E-state index in [1.807, 2.05) is 53.4 Å². The van der Waals surface area contributed by atoms with Crippen molar-refractivity contribution in [1.29, 1.82) is 0 Å². The third kappa shape index (κ3) is 25.2. The monoisotopic (exact) mass is 1860 g/mol. The van der Waals surface area contributed by atoms with Crippen LogP contribution in [-0.4, -0.2) is 197 Å². The van der Waals surface area contributed by atoms with Crippen molar-refractivity contribution < 1.29 is 85.3 Å². The van der Waals surface area contributed by atoms with Gasteiger partial charge in [0, 0.05) is 57.9 Å². The molecule has 4 unspecified atom stereocenters. The van der Waals surface area contributed by atoms with Crippen LogP contribution in [0.2, 0.25) is 0 Å². The number of aliphatic hydroxyl groups is 4. The topological polar surface area (TPSA) is 366 Å². The molecule has 2 aliphatic heterocycles. The summed E-state index contributed by atoms with van der Waals surface area (Å²) < 4.78 is 69.0. The largest absolute Gasteiger partial charge is 0.478 e. The number of carbonyl (C=O) groups excluding carboxylic acids is 5. The quantitative estimate of drug-likeness (QED) is 0.0178. The average molecular weight is 1860 g/mol. The summed E-state index contributed by atoms with van der Waals surface area (Å²) in [6.45, 7) is 5.87. The number of aromatic carboxylic acids is 1. The second-order valence-corrected chi connectivity index (χ2v) is 47.1. The number of carbonyl (C=O) groups is 6. The number of sulfonamides is 2. The van der Waals surface area contributed by atoms with E-state index in [-0.39, 0.29) is 44.9 Å². The van der Waals surface area contributed by atoms with E-state index in [1.54, 1.807) is 60.7 Å². The zero-order valence-electron chi connectivity index (χ0n) is 77.5. The van der Waals surface area contributed by atoms with Gasteiger partial charge in [-0.05, 0) is 426 Å². The minimum absolute atomic E-state index is 0.0419. The molecule has 2 heterocycles. The molecule has 720 valence electrons. The molecule has 4 atom stereocenters. The Hall–Kier alpha value is -7.70. The Balaban J connectivity index is 0.000000129. The molecular formula is C105H145N7O18S2. The van der Waals surface area contributed by atoms with Crippen LogP contribution in [0.15, 0.2) is 131 Å². The van der Waals surface area contributed by atoms with E-state index in [0.29, 0.717) is 169 Å². The van der Waals surface area contributed by atoms with Crippen LogP contribution in [0.5, 0.6) is 11.5 Å². The fraction of sp³-hybridized carbons (Fsp3) is 0.657. The smallest absolute Gasteiger partial charge is 0.335 e. The number of hydrogen-bond acceptors (Lipinski definition) is 17. The minimum atomic E-state index is -3.50. The van der Waals surface area contributed by atoms with Crippen molar-refractivity contribution in [2.75, 3.05) is 85.8 Å². The van der Waals surface area contributed by atoms with E-state index >= 15 is 0 Å². The maximum absolute atomic E-state index is 12.7. The summed E-state index contributed by atoms with van der Waals surface area (Å²) in [5, 5.41) is 62.3. The number of rotatable bonds is 36. The van der Waals surface area contributed by atoms with Crippen LogP contribution >= 0.6 is 0 Å². The highest BCUT2D eigenvalue weighted by Crippen LogP contribution is 2.66. The van der Waals surface area contributed by atoms with Crippen LogP contribution in [0.25, 0.3) is 0 Å². The van der Waals surface area contributed by atoms with E-state index < -0.39 is 50.4 Å². The first-order chi connectivity index (χ1) is 63.5. The number of ether oxygens (including phenoxy) is 3. The molecule has 16 bridgehead atoms. The summed E-state index contributed by atoms with van der Waals surface area (Å²) in [6, 6.07) is 34.9. The lowest BCUT2D eigenvalue weighted by Gasteiger charge is -2.57. The molecule has 18 aliphatic rings. The van der Waals surface area contributed by atoms with Gasteiger partial charge in [-0.3, -0.25) is 24.0 Å². The molecule has 0 radical (unpaired) electrons. The van der Waals surface area contributed by atoms with Crippen molar-refractivity contribution in [3.63, 3.8) is 0 Å². The molecule has 18 fully saturated rings. The fourth-order valence-corrected chi connectivity index (χ4v) is 30.6. The molecule has 16 saturated carbocycles. The molecule has 5 amide bonds. The first kappa shape index (κ1) is 97.4. The average Bonchev–Trinajstić information content (AvgIpc) is 0.762. The number of nitrogens with one attached hydrogen (secondary N) is 5. The van der Waals surface area contributed by atoms with Crippen molar-refractivity contribution in [2.24, 2.45) is 92.7 Å². The number of benzene rings is 5. The first-order valence-electron chi connectivity index (χ1n) is 50.1. The molecule has 23 rings (SSSR count). The highest BCUT2D eigenvalue weighted by Gasteiger charge is 2.55. The molecule has 132 heavy (non-hydrogen) atoms. The number of carboxylic acids is 1. The Bertz CT molecular complexity index is 4820. The van der Waals surface area contributed by atoms with Gasteiger partial charge in [0.05, 0.1) is 41.8 Å². The van der Waals surface area contributed by atoms with Gasteiger partial charge in [-0.15, -0.1) is 0 Å². The number of amides is 5. The van der Waals surface area contributed by atoms with Crippen LogP contribution in [-0.2, 0) is 74.4 Å². The second-order valence-electron chi connectivity index (χ2n) is 43.2. The molecule has 10 N–H and O–H groups in total. The lowest BCUT2D eigenvalue weighted by molar-refractivity contribution is -0.131. The predicted molar refractivity (Wildman–Crippen MR) is 502 cm³/mol. The summed E-state index contributed by atoms with van der Waals surface area (Å²) in [5.41, 5.74) is 6.45. The van der Waals surface area contributed by atoms with Crippen LogP contribution in [0, 0.1) is 92.7 Å². The number of nitrogens with zero attached hydrogens (tertiary/aromatic N) is 2. The van der Waals surface area contributed by atoms with E-state index in [2.05, 4.69) is 26.0 Å². The van der Waals surface area contributed by atoms with Gasteiger partial charge in [0.2, 0.25) is 43.7 Å². The SMILES string of the molecule is CNS(=O)(=O)c1ccc(CCNC(=O)C(O)CCC23CC4CC(CC(C4)C2)C3)cc1.O=C(NCCc1ccc(C(=O)N2CCOCC2)cc1)C(O)CCC12CC3CC(CC(C3)C1)C2.O=C(NCCc1ccc(S(=O)(=O)N2CCOCC2)cc1)C(O)CCC12CC3CC(CC(C3)C1)C2.O=C(O)c1ccc(Oc2ccc(CCNC(=O)C(O)CCC34CC5CC(CC(C5)C3)C4)cc2)cc1. The van der Waals surface area contributed by atoms with E-state index in [4.69, 9.17) is 19.3 Å². The third-order valence-electron chi connectivity index (χ3n) is 33.3. The maximum atomic E-state index is 12.7. The van der Waals surface area contributed by atoms with Crippen molar-refractivity contribution in [3.8, 4) is 11.5 Å². The Morgan fingerprint density at radius 3 is 0.894 bits per heavy atom. The zero-order chi connectivity index (χ0) is 92.4. The number of aliphatic hydroxyl groups excluding tert-OH is 4. The molecule has 16 aliphatic carbocycles. The molecular weight excluding hydrogens is 1710 g/mol. The number of hydrogen-bond donors (Lipinski definition) is 10. The Kier molecular flexibility index (Phi) is 32.0. The van der Waals surface area contributed by atoms with Gasteiger partial charge in [0.15, 0.2) is 0 Å². The van der Waals surface area contributed by atoms with Gasteiger partial charge in [-0.2, -0.15) is 4.31 Å². The van der Waals surface area contributed by atoms with Crippen molar-refractivity contribution in [3.05, 3.63) is 155 Å². The molecule has 0 spiro atoms. The van der Waals surface area contributed by atoms with Crippen molar-refractivity contribution >= 4 is 55.6 Å². The normalized spacial score (nSPS) is 30.4. The fourth-order valence-electron chi connectivity index (χ4n) is 28.5. The molecule has 2 saturated heterocycles. The van der Waals surface area contributed by atoms with E-state index in [9.17, 15) is 66.0 Å². The Morgan fingerprint density at radius 1 is 0.364 bits per heavy atom.